The Morgan fingerprint density at radius 1 is 1.25 bits per heavy atom. The van der Waals surface area contributed by atoms with Gasteiger partial charge in [0.25, 0.3) is 0 Å². The van der Waals surface area contributed by atoms with E-state index in [9.17, 15) is 9.59 Å². The van der Waals surface area contributed by atoms with Crippen LogP contribution < -0.4 is 0 Å². The van der Waals surface area contributed by atoms with Crippen LogP contribution in [0.5, 0.6) is 0 Å². The quantitative estimate of drug-likeness (QED) is 0.718. The topological polar surface area (TPSA) is 43.4 Å². The molecule has 0 aromatic heterocycles. The maximum Gasteiger partial charge on any atom is 0.306 e. The Morgan fingerprint density at radius 2 is 2.00 bits per heavy atom. The molecule has 3 heteroatoms. The molecule has 0 amide bonds. The average molecular weight is 330 g/mol. The molecule has 1 aromatic carbocycles. The number of carbonyl (C=O) groups excluding carboxylic acids is 2. The summed E-state index contributed by atoms with van der Waals surface area (Å²) in [6.45, 7) is 6.34. The fourth-order valence-electron chi connectivity index (χ4n) is 4.27. The summed E-state index contributed by atoms with van der Waals surface area (Å²) in [5.74, 6) is 0.612. The van der Waals surface area contributed by atoms with Crippen molar-refractivity contribution in [2.45, 2.75) is 65.7 Å². The first-order chi connectivity index (χ1) is 11.3. The first kappa shape index (κ1) is 18.7. The van der Waals surface area contributed by atoms with E-state index in [1.165, 1.54) is 24.7 Å². The summed E-state index contributed by atoms with van der Waals surface area (Å²) in [6.07, 6.45) is 5.49. The van der Waals surface area contributed by atoms with Gasteiger partial charge in [-0.2, -0.15) is 0 Å². The first-order valence-electron chi connectivity index (χ1n) is 8.98. The maximum atomic E-state index is 12.7. The number of ketones is 1. The highest BCUT2D eigenvalue weighted by Crippen LogP contribution is 2.45. The molecule has 1 fully saturated rings. The number of hydrogen-bond acceptors (Lipinski definition) is 3. The molecule has 0 spiro atoms. The molecule has 1 saturated carbocycles. The summed E-state index contributed by atoms with van der Waals surface area (Å²) in [5, 5.41) is 0. The fourth-order valence-corrected chi connectivity index (χ4v) is 4.27. The normalized spacial score (nSPS) is 23.8. The first-order valence-corrected chi connectivity index (χ1v) is 8.98. The van der Waals surface area contributed by atoms with Gasteiger partial charge < -0.3 is 4.74 Å². The van der Waals surface area contributed by atoms with Crippen molar-refractivity contribution in [3.63, 3.8) is 0 Å². The zero-order valence-corrected chi connectivity index (χ0v) is 15.5. The standard InChI is InChI=1S/C21H30O3/c1-15-7-8-18(17(3)10-15)11-19(22)13-21(14-20(23)24-4)9-5-6-16(2)12-21/h7-8,10,16H,5-6,9,11-14H2,1-4H3. The molecule has 0 bridgehead atoms. The maximum absolute atomic E-state index is 12.7. The zero-order valence-electron chi connectivity index (χ0n) is 15.5. The predicted octanol–water partition coefficient (Wildman–Crippen LogP) is 4.56. The highest BCUT2D eigenvalue weighted by Gasteiger charge is 2.38. The van der Waals surface area contributed by atoms with Gasteiger partial charge >= 0.3 is 5.97 Å². The highest BCUT2D eigenvalue weighted by atomic mass is 16.5. The van der Waals surface area contributed by atoms with Crippen LogP contribution in [0.25, 0.3) is 0 Å². The lowest BCUT2D eigenvalue weighted by Crippen LogP contribution is -2.33. The molecule has 0 aliphatic heterocycles. The monoisotopic (exact) mass is 330 g/mol. The smallest absolute Gasteiger partial charge is 0.306 e. The largest absolute Gasteiger partial charge is 0.469 e. The number of ether oxygens (including phenoxy) is 1. The lowest BCUT2D eigenvalue weighted by molar-refractivity contribution is -0.145. The van der Waals surface area contributed by atoms with Crippen LogP contribution in [0.2, 0.25) is 0 Å². The summed E-state index contributed by atoms with van der Waals surface area (Å²) in [6, 6.07) is 6.23. The van der Waals surface area contributed by atoms with Crippen molar-refractivity contribution in [1.82, 2.24) is 0 Å². The second-order valence-corrected chi connectivity index (χ2v) is 7.78. The minimum atomic E-state index is -0.208. The van der Waals surface area contributed by atoms with E-state index >= 15 is 0 Å². The third-order valence-electron chi connectivity index (χ3n) is 5.39. The van der Waals surface area contributed by atoms with Gasteiger partial charge in [-0.25, -0.2) is 0 Å². The lowest BCUT2D eigenvalue weighted by atomic mass is 9.65. The van der Waals surface area contributed by atoms with Gasteiger partial charge in [0.1, 0.15) is 5.78 Å². The number of rotatable bonds is 6. The second kappa shape index (κ2) is 7.96. The van der Waals surface area contributed by atoms with E-state index in [1.54, 1.807) is 0 Å². The van der Waals surface area contributed by atoms with Gasteiger partial charge in [-0.05, 0) is 49.1 Å². The Labute approximate surface area is 145 Å². The van der Waals surface area contributed by atoms with Crippen LogP contribution in [0, 0.1) is 25.2 Å². The Morgan fingerprint density at radius 3 is 2.62 bits per heavy atom. The van der Waals surface area contributed by atoms with Crippen molar-refractivity contribution in [2.24, 2.45) is 11.3 Å². The highest BCUT2D eigenvalue weighted by molar-refractivity contribution is 5.82. The van der Waals surface area contributed by atoms with Gasteiger partial charge in [-0.1, -0.05) is 43.5 Å². The molecule has 1 aromatic rings. The Bertz CT molecular complexity index is 605. The van der Waals surface area contributed by atoms with Crippen molar-refractivity contribution in [3.8, 4) is 0 Å². The molecule has 3 nitrogen and oxygen atoms in total. The molecule has 0 N–H and O–H groups in total. The van der Waals surface area contributed by atoms with Gasteiger partial charge in [0.2, 0.25) is 0 Å². The van der Waals surface area contributed by atoms with Crippen LogP contribution in [-0.4, -0.2) is 18.9 Å². The number of aryl methyl sites for hydroxylation is 2. The molecule has 0 saturated heterocycles. The number of hydrogen-bond donors (Lipinski definition) is 0. The van der Waals surface area contributed by atoms with Gasteiger partial charge in [-0.15, -0.1) is 0 Å². The molecule has 2 unspecified atom stereocenters. The summed E-state index contributed by atoms with van der Waals surface area (Å²) in [7, 11) is 1.43. The number of esters is 1. The lowest BCUT2D eigenvalue weighted by Gasteiger charge is -2.39. The number of Topliss-reactive ketones (excluding diaryl/α,β-unsaturated/α-hetero) is 1. The fraction of sp³-hybridized carbons (Fsp3) is 0.619. The summed E-state index contributed by atoms with van der Waals surface area (Å²) >= 11 is 0. The minimum absolute atomic E-state index is 0.191. The molecule has 2 rings (SSSR count). The summed E-state index contributed by atoms with van der Waals surface area (Å²) in [4.78, 5) is 24.6. The molecule has 0 heterocycles. The third-order valence-corrected chi connectivity index (χ3v) is 5.39. The van der Waals surface area contributed by atoms with Crippen molar-refractivity contribution >= 4 is 11.8 Å². The van der Waals surface area contributed by atoms with Crippen molar-refractivity contribution < 1.29 is 14.3 Å². The van der Waals surface area contributed by atoms with Gasteiger partial charge in [0.05, 0.1) is 13.5 Å². The van der Waals surface area contributed by atoms with E-state index in [0.29, 0.717) is 25.2 Å². The van der Waals surface area contributed by atoms with E-state index in [0.717, 1.165) is 24.8 Å². The van der Waals surface area contributed by atoms with Crippen LogP contribution in [-0.2, 0) is 20.7 Å². The van der Waals surface area contributed by atoms with Gasteiger partial charge in [-0.3, -0.25) is 9.59 Å². The van der Waals surface area contributed by atoms with Crippen molar-refractivity contribution in [1.29, 1.82) is 0 Å². The Hall–Kier alpha value is -1.64. The summed E-state index contributed by atoms with van der Waals surface area (Å²) < 4.78 is 4.90. The third kappa shape index (κ3) is 4.93. The van der Waals surface area contributed by atoms with Crippen LogP contribution in [0.15, 0.2) is 18.2 Å². The summed E-state index contributed by atoms with van der Waals surface area (Å²) in [5.41, 5.74) is 3.28. The van der Waals surface area contributed by atoms with E-state index < -0.39 is 0 Å². The molecule has 2 atom stereocenters. The number of benzene rings is 1. The SMILES string of the molecule is COC(=O)CC1(CC(=O)Cc2ccc(C)cc2C)CCCC(C)C1. The van der Waals surface area contributed by atoms with Crippen LogP contribution in [0.4, 0.5) is 0 Å². The zero-order chi connectivity index (χ0) is 17.7. The number of methoxy groups -OCH3 is 1. The average Bonchev–Trinajstić information content (AvgIpc) is 2.49. The van der Waals surface area contributed by atoms with Gasteiger partial charge in [0, 0.05) is 12.8 Å². The van der Waals surface area contributed by atoms with Crippen molar-refractivity contribution in [3.05, 3.63) is 34.9 Å². The molecule has 132 valence electrons. The van der Waals surface area contributed by atoms with Crippen LogP contribution >= 0.6 is 0 Å². The number of carbonyl (C=O) groups is 2. The minimum Gasteiger partial charge on any atom is -0.469 e. The van der Waals surface area contributed by atoms with Crippen LogP contribution in [0.3, 0.4) is 0 Å². The Kier molecular flexibility index (Phi) is 6.20. The molecular weight excluding hydrogens is 300 g/mol. The molecular formula is C21H30O3. The second-order valence-electron chi connectivity index (χ2n) is 7.78. The predicted molar refractivity (Wildman–Crippen MR) is 95.9 cm³/mol. The van der Waals surface area contributed by atoms with E-state index in [1.807, 2.05) is 0 Å². The van der Waals surface area contributed by atoms with Crippen LogP contribution in [0.1, 0.15) is 62.1 Å². The van der Waals surface area contributed by atoms with Gasteiger partial charge in [0.15, 0.2) is 0 Å². The molecule has 0 radical (unpaired) electrons. The van der Waals surface area contributed by atoms with E-state index in [4.69, 9.17) is 4.74 Å². The van der Waals surface area contributed by atoms with E-state index in [-0.39, 0.29) is 17.2 Å². The van der Waals surface area contributed by atoms with Crippen molar-refractivity contribution in [2.75, 3.05) is 7.11 Å². The molecule has 1 aliphatic rings. The Balaban J connectivity index is 2.10. The molecule has 24 heavy (non-hydrogen) atoms. The van der Waals surface area contributed by atoms with E-state index in [2.05, 4.69) is 39.0 Å². The molecule has 1 aliphatic carbocycles.